The van der Waals surface area contributed by atoms with Gasteiger partial charge in [-0.05, 0) is 36.5 Å². The van der Waals surface area contributed by atoms with Gasteiger partial charge in [0.2, 0.25) is 5.91 Å². The molecule has 0 N–H and O–H groups in total. The van der Waals surface area contributed by atoms with E-state index in [1.165, 1.54) is 5.56 Å². The molecule has 0 atom stereocenters. The summed E-state index contributed by atoms with van der Waals surface area (Å²) in [7, 11) is 0. The summed E-state index contributed by atoms with van der Waals surface area (Å²) in [5.74, 6) is 0.141. The van der Waals surface area contributed by atoms with E-state index in [1.54, 1.807) is 6.08 Å². The monoisotopic (exact) mass is 229 g/mol. The molecule has 0 radical (unpaired) electrons. The topological polar surface area (TPSA) is 20.3 Å². The quantitative estimate of drug-likeness (QED) is 0.730. The summed E-state index contributed by atoms with van der Waals surface area (Å²) in [5, 5.41) is 0. The molecule has 1 saturated heterocycles. The van der Waals surface area contributed by atoms with Crippen molar-refractivity contribution in [2.75, 3.05) is 13.1 Å². The summed E-state index contributed by atoms with van der Waals surface area (Å²) in [5.41, 5.74) is 2.42. The molecule has 2 nitrogen and oxygen atoms in total. The zero-order valence-electron chi connectivity index (χ0n) is 10.4. The molecule has 1 aromatic carbocycles. The van der Waals surface area contributed by atoms with Gasteiger partial charge in [-0.15, -0.1) is 0 Å². The lowest BCUT2D eigenvalue weighted by Crippen LogP contribution is -2.25. The van der Waals surface area contributed by atoms with Gasteiger partial charge in [0.25, 0.3) is 0 Å². The van der Waals surface area contributed by atoms with Crippen LogP contribution < -0.4 is 0 Å². The van der Waals surface area contributed by atoms with Crippen LogP contribution in [0.25, 0.3) is 6.08 Å². The highest BCUT2D eigenvalue weighted by molar-refractivity contribution is 5.91. The number of rotatable bonds is 3. The Bertz CT molecular complexity index is 399. The number of hydrogen-bond donors (Lipinski definition) is 0. The van der Waals surface area contributed by atoms with Crippen molar-refractivity contribution in [2.45, 2.75) is 26.2 Å². The molecule has 17 heavy (non-hydrogen) atoms. The lowest BCUT2D eigenvalue weighted by molar-refractivity contribution is -0.124. The van der Waals surface area contributed by atoms with Crippen molar-refractivity contribution >= 4 is 12.0 Å². The minimum atomic E-state index is 0.141. The summed E-state index contributed by atoms with van der Waals surface area (Å²) < 4.78 is 0. The van der Waals surface area contributed by atoms with Gasteiger partial charge in [0.15, 0.2) is 0 Å². The second-order valence-corrected chi connectivity index (χ2v) is 4.46. The molecule has 1 fully saturated rings. The highest BCUT2D eigenvalue weighted by Crippen LogP contribution is 2.10. The second kappa shape index (κ2) is 5.67. The molecule has 0 aromatic heterocycles. The standard InChI is InChI=1S/C15H19NO/c1-2-13-5-7-14(8-6-13)9-10-15(17)16-11-3-4-12-16/h5-10H,2-4,11-12H2,1H3/b10-9+. The molecule has 1 heterocycles. The number of benzene rings is 1. The van der Waals surface area contributed by atoms with Crippen molar-refractivity contribution < 1.29 is 4.79 Å². The summed E-state index contributed by atoms with van der Waals surface area (Å²) in [6.45, 7) is 3.97. The van der Waals surface area contributed by atoms with E-state index in [-0.39, 0.29) is 5.91 Å². The first-order valence-corrected chi connectivity index (χ1v) is 6.35. The Hall–Kier alpha value is -1.57. The number of carbonyl (C=O) groups excluding carboxylic acids is 1. The average molecular weight is 229 g/mol. The fourth-order valence-electron chi connectivity index (χ4n) is 2.07. The first-order chi connectivity index (χ1) is 8.29. The van der Waals surface area contributed by atoms with E-state index >= 15 is 0 Å². The zero-order valence-corrected chi connectivity index (χ0v) is 10.4. The maximum atomic E-state index is 11.8. The average Bonchev–Trinajstić information content (AvgIpc) is 2.90. The van der Waals surface area contributed by atoms with E-state index in [0.29, 0.717) is 0 Å². The molecule has 2 rings (SSSR count). The summed E-state index contributed by atoms with van der Waals surface area (Å²) in [4.78, 5) is 13.7. The highest BCUT2D eigenvalue weighted by atomic mass is 16.2. The van der Waals surface area contributed by atoms with E-state index < -0.39 is 0 Å². The van der Waals surface area contributed by atoms with Crippen LogP contribution in [0.5, 0.6) is 0 Å². The lowest BCUT2D eigenvalue weighted by Gasteiger charge is -2.11. The highest BCUT2D eigenvalue weighted by Gasteiger charge is 2.14. The minimum Gasteiger partial charge on any atom is -0.339 e. The fraction of sp³-hybridized carbons (Fsp3) is 0.400. The Labute approximate surface area is 103 Å². The van der Waals surface area contributed by atoms with Gasteiger partial charge in [0.1, 0.15) is 0 Å². The van der Waals surface area contributed by atoms with Crippen LogP contribution in [0.15, 0.2) is 30.3 Å². The number of aryl methyl sites for hydroxylation is 1. The molecule has 0 saturated carbocycles. The molecule has 0 spiro atoms. The molecule has 0 bridgehead atoms. The largest absolute Gasteiger partial charge is 0.339 e. The van der Waals surface area contributed by atoms with Crippen LogP contribution in [0, 0.1) is 0 Å². The first kappa shape index (κ1) is 11.9. The van der Waals surface area contributed by atoms with Gasteiger partial charge in [-0.3, -0.25) is 4.79 Å². The van der Waals surface area contributed by atoms with Crippen molar-refractivity contribution in [3.63, 3.8) is 0 Å². The van der Waals surface area contributed by atoms with Crippen molar-refractivity contribution in [1.82, 2.24) is 4.90 Å². The van der Waals surface area contributed by atoms with Gasteiger partial charge in [0, 0.05) is 19.2 Å². The van der Waals surface area contributed by atoms with Crippen LogP contribution in [0.4, 0.5) is 0 Å². The molecule has 90 valence electrons. The van der Waals surface area contributed by atoms with Gasteiger partial charge < -0.3 is 4.90 Å². The van der Waals surface area contributed by atoms with Gasteiger partial charge in [-0.2, -0.15) is 0 Å². The molecule has 1 amide bonds. The van der Waals surface area contributed by atoms with E-state index in [9.17, 15) is 4.79 Å². The van der Waals surface area contributed by atoms with Crippen molar-refractivity contribution in [3.05, 3.63) is 41.5 Å². The molecule has 1 aliphatic rings. The molecule has 1 aliphatic heterocycles. The fourth-order valence-corrected chi connectivity index (χ4v) is 2.07. The third kappa shape index (κ3) is 3.19. The second-order valence-electron chi connectivity index (χ2n) is 4.46. The van der Waals surface area contributed by atoms with Crippen LogP contribution in [0.2, 0.25) is 0 Å². The summed E-state index contributed by atoms with van der Waals surface area (Å²) in [6.07, 6.45) is 6.93. The van der Waals surface area contributed by atoms with Gasteiger partial charge >= 0.3 is 0 Å². The van der Waals surface area contributed by atoms with Crippen LogP contribution in [0.3, 0.4) is 0 Å². The molecular weight excluding hydrogens is 210 g/mol. The van der Waals surface area contributed by atoms with Crippen LogP contribution in [0.1, 0.15) is 30.9 Å². The van der Waals surface area contributed by atoms with Crippen LogP contribution in [-0.4, -0.2) is 23.9 Å². The van der Waals surface area contributed by atoms with Gasteiger partial charge in [-0.1, -0.05) is 31.2 Å². The third-order valence-corrected chi connectivity index (χ3v) is 3.22. The molecule has 0 aliphatic carbocycles. The number of nitrogens with zero attached hydrogens (tertiary/aromatic N) is 1. The van der Waals surface area contributed by atoms with E-state index in [2.05, 4.69) is 31.2 Å². The van der Waals surface area contributed by atoms with Crippen molar-refractivity contribution in [1.29, 1.82) is 0 Å². The number of likely N-dealkylation sites (tertiary alicyclic amines) is 1. The normalized spacial score (nSPS) is 15.7. The smallest absolute Gasteiger partial charge is 0.246 e. The van der Waals surface area contributed by atoms with E-state index in [4.69, 9.17) is 0 Å². The number of amides is 1. The Morgan fingerprint density at radius 2 is 1.88 bits per heavy atom. The van der Waals surface area contributed by atoms with Crippen LogP contribution >= 0.6 is 0 Å². The van der Waals surface area contributed by atoms with E-state index in [1.807, 2.05) is 11.0 Å². The van der Waals surface area contributed by atoms with Gasteiger partial charge in [-0.25, -0.2) is 0 Å². The molecular formula is C15H19NO. The molecule has 1 aromatic rings. The first-order valence-electron chi connectivity index (χ1n) is 6.35. The zero-order chi connectivity index (χ0) is 12.1. The van der Waals surface area contributed by atoms with Crippen molar-refractivity contribution in [3.8, 4) is 0 Å². The van der Waals surface area contributed by atoms with E-state index in [0.717, 1.165) is 37.9 Å². The summed E-state index contributed by atoms with van der Waals surface area (Å²) >= 11 is 0. The Morgan fingerprint density at radius 3 is 2.47 bits per heavy atom. The minimum absolute atomic E-state index is 0.141. The molecule has 2 heteroatoms. The Kier molecular flexibility index (Phi) is 3.97. The molecule has 0 unspecified atom stereocenters. The number of hydrogen-bond acceptors (Lipinski definition) is 1. The SMILES string of the molecule is CCc1ccc(/C=C/C(=O)N2CCCC2)cc1. The Morgan fingerprint density at radius 1 is 1.24 bits per heavy atom. The lowest BCUT2D eigenvalue weighted by atomic mass is 10.1. The number of carbonyl (C=O) groups is 1. The maximum Gasteiger partial charge on any atom is 0.246 e. The van der Waals surface area contributed by atoms with Gasteiger partial charge in [0.05, 0.1) is 0 Å². The van der Waals surface area contributed by atoms with Crippen molar-refractivity contribution in [2.24, 2.45) is 0 Å². The predicted molar refractivity (Wildman–Crippen MR) is 70.7 cm³/mol. The summed E-state index contributed by atoms with van der Waals surface area (Å²) in [6, 6.07) is 8.35. The Balaban J connectivity index is 1.96. The van der Waals surface area contributed by atoms with Crippen LogP contribution in [-0.2, 0) is 11.2 Å². The third-order valence-electron chi connectivity index (χ3n) is 3.22. The maximum absolute atomic E-state index is 11.8. The predicted octanol–water partition coefficient (Wildman–Crippen LogP) is 2.88.